The minimum atomic E-state index is -0.949. The molecule has 7 heteroatoms. The molecule has 2 fully saturated rings. The average Bonchev–Trinajstić information content (AvgIpc) is 3.13. The van der Waals surface area contributed by atoms with Crippen LogP contribution in [0.4, 0.5) is 10.5 Å². The van der Waals surface area contributed by atoms with Gasteiger partial charge in [0.05, 0.1) is 11.7 Å². The van der Waals surface area contributed by atoms with Crippen LogP contribution in [0.15, 0.2) is 24.4 Å². The number of aromatic amines is 1. The molecule has 0 saturated carbocycles. The summed E-state index contributed by atoms with van der Waals surface area (Å²) in [6.07, 6.45) is 6.07. The predicted octanol–water partition coefficient (Wildman–Crippen LogP) is 3.18. The zero-order valence-electron chi connectivity index (χ0n) is 14.5. The number of carboxylic acid groups (broad SMARTS) is 1. The minimum Gasteiger partial charge on any atom is -0.464 e. The van der Waals surface area contributed by atoms with E-state index in [9.17, 15) is 4.79 Å². The Balaban J connectivity index is 1.43. The molecule has 3 unspecified atom stereocenters. The largest absolute Gasteiger partial charge is 0.464 e. The van der Waals surface area contributed by atoms with Crippen molar-refractivity contribution in [2.45, 2.75) is 50.6 Å². The number of fused-ring (bicyclic) bond motifs is 3. The first-order chi connectivity index (χ1) is 12.1. The van der Waals surface area contributed by atoms with E-state index in [0.717, 1.165) is 55.2 Å². The smallest absolute Gasteiger partial charge is 0.419 e. The van der Waals surface area contributed by atoms with Gasteiger partial charge in [0.15, 0.2) is 0 Å². The molecule has 2 aliphatic heterocycles. The fourth-order valence-corrected chi connectivity index (χ4v) is 4.78. The zero-order valence-corrected chi connectivity index (χ0v) is 14.5. The lowest BCUT2D eigenvalue weighted by Gasteiger charge is -2.46. The van der Waals surface area contributed by atoms with Gasteiger partial charge in [-0.1, -0.05) is 6.92 Å². The molecule has 1 aromatic carbocycles. The molecule has 2 aromatic rings. The lowest BCUT2D eigenvalue weighted by Crippen LogP contribution is -2.60. The summed E-state index contributed by atoms with van der Waals surface area (Å²) >= 11 is 0. The first-order valence-corrected chi connectivity index (χ1v) is 9.05. The van der Waals surface area contributed by atoms with Crippen LogP contribution in [0.2, 0.25) is 0 Å². The third-order valence-electron chi connectivity index (χ3n) is 6.00. The molecule has 2 saturated heterocycles. The molecule has 4 rings (SSSR count). The van der Waals surface area contributed by atoms with Crippen LogP contribution in [-0.4, -0.2) is 44.5 Å². The first kappa shape index (κ1) is 16.2. The van der Waals surface area contributed by atoms with Crippen LogP contribution in [0.3, 0.4) is 0 Å². The summed E-state index contributed by atoms with van der Waals surface area (Å²) in [5, 5.41) is 22.9. The van der Waals surface area contributed by atoms with E-state index in [1.165, 1.54) is 0 Å². The number of nitrogens with zero attached hydrogens (tertiary/aromatic N) is 2. The fraction of sp³-hybridized carbons (Fsp3) is 0.556. The van der Waals surface area contributed by atoms with Crippen LogP contribution < -0.4 is 10.7 Å². The highest BCUT2D eigenvalue weighted by Gasteiger charge is 2.51. The third-order valence-corrected chi connectivity index (χ3v) is 6.00. The van der Waals surface area contributed by atoms with Crippen molar-refractivity contribution in [1.29, 1.82) is 0 Å². The summed E-state index contributed by atoms with van der Waals surface area (Å²) in [7, 11) is 0. The van der Waals surface area contributed by atoms with Crippen molar-refractivity contribution in [2.75, 3.05) is 11.9 Å². The van der Waals surface area contributed by atoms with Gasteiger partial charge in [-0.2, -0.15) is 5.10 Å². The molecule has 7 nitrogen and oxygen atoms in total. The number of piperidine rings is 1. The number of nitrogens with one attached hydrogen (secondary N) is 3. The number of hydrazine groups is 1. The van der Waals surface area contributed by atoms with Crippen molar-refractivity contribution in [3.8, 4) is 0 Å². The molecule has 0 aliphatic carbocycles. The Morgan fingerprint density at radius 3 is 3.20 bits per heavy atom. The maximum absolute atomic E-state index is 11.1. The van der Waals surface area contributed by atoms with Gasteiger partial charge in [-0.15, -0.1) is 0 Å². The number of hydrogen-bond donors (Lipinski definition) is 4. The molecule has 0 spiro atoms. The number of rotatable bonds is 5. The molecule has 1 aromatic heterocycles. The Morgan fingerprint density at radius 1 is 1.52 bits per heavy atom. The number of hydrogen-bond acceptors (Lipinski definition) is 4. The second-order valence-electron chi connectivity index (χ2n) is 7.42. The van der Waals surface area contributed by atoms with Crippen LogP contribution in [0.25, 0.3) is 10.9 Å². The van der Waals surface area contributed by atoms with Crippen LogP contribution in [0.5, 0.6) is 0 Å². The van der Waals surface area contributed by atoms with Gasteiger partial charge >= 0.3 is 6.09 Å². The van der Waals surface area contributed by atoms with Gasteiger partial charge < -0.3 is 10.4 Å². The highest BCUT2D eigenvalue weighted by Crippen LogP contribution is 2.47. The van der Waals surface area contributed by atoms with Gasteiger partial charge in [0.25, 0.3) is 0 Å². The van der Waals surface area contributed by atoms with E-state index >= 15 is 0 Å². The number of aromatic nitrogens is 2. The normalized spacial score (nSPS) is 29.0. The molecule has 25 heavy (non-hydrogen) atoms. The fourth-order valence-electron chi connectivity index (χ4n) is 4.78. The lowest BCUT2D eigenvalue weighted by atomic mass is 9.80. The van der Waals surface area contributed by atoms with Gasteiger partial charge in [-0.05, 0) is 56.2 Å². The third kappa shape index (κ3) is 2.93. The summed E-state index contributed by atoms with van der Waals surface area (Å²) in [6.45, 7) is 3.09. The Morgan fingerprint density at radius 2 is 2.40 bits per heavy atom. The number of anilines is 1. The van der Waals surface area contributed by atoms with Gasteiger partial charge in [0.1, 0.15) is 0 Å². The van der Waals surface area contributed by atoms with E-state index in [-0.39, 0.29) is 5.54 Å². The topological polar surface area (TPSA) is 93.3 Å². The minimum absolute atomic E-state index is 0.0256. The van der Waals surface area contributed by atoms with E-state index in [2.05, 4.69) is 40.0 Å². The molecule has 2 aliphatic rings. The lowest BCUT2D eigenvalue weighted by molar-refractivity contribution is -0.0147. The van der Waals surface area contributed by atoms with Crippen LogP contribution in [0.1, 0.15) is 39.0 Å². The summed E-state index contributed by atoms with van der Waals surface area (Å²) < 4.78 is 0. The summed E-state index contributed by atoms with van der Waals surface area (Å²) in [5.41, 5.74) is 4.79. The van der Waals surface area contributed by atoms with E-state index in [4.69, 9.17) is 5.11 Å². The average molecular weight is 343 g/mol. The molecule has 3 atom stereocenters. The van der Waals surface area contributed by atoms with Crippen molar-refractivity contribution in [1.82, 2.24) is 20.6 Å². The zero-order chi connectivity index (χ0) is 17.4. The Bertz CT molecular complexity index is 776. The standard InChI is InChI=1S/C18H25N5O2/c1-2-18-6-5-15(23(18)22-17(24)25)7-12(9-18)10-19-14-3-4-16-13(8-14)11-20-21-16/h3-4,8,11-12,15,19,22H,2,5-7,9-10H2,1H3,(H,20,21)(H,24,25). The number of amides is 1. The van der Waals surface area contributed by atoms with Gasteiger partial charge in [-0.3, -0.25) is 10.5 Å². The monoisotopic (exact) mass is 343 g/mol. The van der Waals surface area contributed by atoms with E-state index in [1.54, 1.807) is 0 Å². The molecule has 134 valence electrons. The molecule has 1 amide bonds. The van der Waals surface area contributed by atoms with Gasteiger partial charge in [0.2, 0.25) is 0 Å². The second-order valence-corrected chi connectivity index (χ2v) is 7.42. The van der Waals surface area contributed by atoms with Crippen LogP contribution >= 0.6 is 0 Å². The maximum Gasteiger partial charge on any atom is 0.419 e. The summed E-state index contributed by atoms with van der Waals surface area (Å²) in [5.74, 6) is 0.555. The Labute approximate surface area is 146 Å². The van der Waals surface area contributed by atoms with E-state index in [1.807, 2.05) is 17.3 Å². The van der Waals surface area contributed by atoms with Crippen molar-refractivity contribution in [3.63, 3.8) is 0 Å². The summed E-state index contributed by atoms with van der Waals surface area (Å²) in [6, 6.07) is 6.55. The quantitative estimate of drug-likeness (QED) is 0.669. The molecule has 3 heterocycles. The van der Waals surface area contributed by atoms with Crippen LogP contribution in [-0.2, 0) is 0 Å². The van der Waals surface area contributed by atoms with Crippen molar-refractivity contribution >= 4 is 22.7 Å². The molecule has 2 bridgehead atoms. The Kier molecular flexibility index (Phi) is 4.03. The number of carbonyl (C=O) groups is 1. The molecular formula is C18H25N5O2. The molecule has 4 N–H and O–H groups in total. The highest BCUT2D eigenvalue weighted by atomic mass is 16.4. The van der Waals surface area contributed by atoms with Gasteiger partial charge in [-0.25, -0.2) is 9.80 Å². The van der Waals surface area contributed by atoms with Crippen molar-refractivity contribution < 1.29 is 9.90 Å². The van der Waals surface area contributed by atoms with Crippen LogP contribution in [0, 0.1) is 5.92 Å². The van der Waals surface area contributed by atoms with E-state index < -0.39 is 6.09 Å². The number of benzene rings is 1. The van der Waals surface area contributed by atoms with Gasteiger partial charge in [0, 0.05) is 29.2 Å². The van der Waals surface area contributed by atoms with E-state index in [0.29, 0.717) is 12.0 Å². The second kappa shape index (κ2) is 6.22. The predicted molar refractivity (Wildman–Crippen MR) is 96.4 cm³/mol. The maximum atomic E-state index is 11.1. The van der Waals surface area contributed by atoms with Crippen molar-refractivity contribution in [2.24, 2.45) is 5.92 Å². The Hall–Kier alpha value is -2.28. The van der Waals surface area contributed by atoms with Crippen molar-refractivity contribution in [3.05, 3.63) is 24.4 Å². The summed E-state index contributed by atoms with van der Waals surface area (Å²) in [4.78, 5) is 11.1. The molecule has 0 radical (unpaired) electrons. The SMILES string of the molecule is CCC12CCC(CC(CNc3ccc4[nH]ncc4c3)C1)N2NC(=O)O. The molecular weight excluding hydrogens is 318 g/mol. The highest BCUT2D eigenvalue weighted by molar-refractivity contribution is 5.81. The number of H-pyrrole nitrogens is 1. The first-order valence-electron chi connectivity index (χ1n) is 9.05.